The van der Waals surface area contributed by atoms with E-state index in [2.05, 4.69) is 6.08 Å². The standard InChI is InChI=1S/C12H14N2O3S/c1-8-4-3-5-13(7-8)12-10(14(16)17)6-11(18-12)9(2)15/h4,6H,3,5,7H2,1-2H3. The number of hydrogen-bond donors (Lipinski definition) is 0. The predicted molar refractivity (Wildman–Crippen MR) is 71.6 cm³/mol. The minimum atomic E-state index is -0.411. The molecule has 0 N–H and O–H groups in total. The second-order valence-electron chi connectivity index (χ2n) is 4.38. The van der Waals surface area contributed by atoms with Crippen molar-refractivity contribution in [2.45, 2.75) is 20.3 Å². The zero-order valence-corrected chi connectivity index (χ0v) is 11.1. The highest BCUT2D eigenvalue weighted by molar-refractivity contribution is 7.18. The summed E-state index contributed by atoms with van der Waals surface area (Å²) in [5.74, 6) is -0.126. The first-order valence-corrected chi connectivity index (χ1v) is 6.50. The Morgan fingerprint density at radius 1 is 1.56 bits per heavy atom. The van der Waals surface area contributed by atoms with Gasteiger partial charge in [-0.2, -0.15) is 0 Å². The van der Waals surface area contributed by atoms with E-state index >= 15 is 0 Å². The molecule has 0 bridgehead atoms. The van der Waals surface area contributed by atoms with Crippen molar-refractivity contribution in [3.05, 3.63) is 32.7 Å². The lowest BCUT2D eigenvalue weighted by molar-refractivity contribution is -0.383. The Morgan fingerprint density at radius 3 is 2.83 bits per heavy atom. The molecule has 0 spiro atoms. The third-order valence-electron chi connectivity index (χ3n) is 2.86. The molecule has 1 aromatic heterocycles. The Kier molecular flexibility index (Phi) is 3.47. The first kappa shape index (κ1) is 12.8. The van der Waals surface area contributed by atoms with Gasteiger partial charge in [-0.3, -0.25) is 14.9 Å². The predicted octanol–water partition coefficient (Wildman–Crippen LogP) is 3.02. The minimum absolute atomic E-state index is 0.0416. The molecule has 1 aliphatic heterocycles. The molecule has 0 saturated heterocycles. The number of carbonyl (C=O) groups is 1. The number of ketones is 1. The SMILES string of the molecule is CC(=O)c1cc([N+](=O)[O-])c(N2CCC=C(C)C2)s1. The molecular weight excluding hydrogens is 252 g/mol. The number of hydrogen-bond acceptors (Lipinski definition) is 5. The summed E-state index contributed by atoms with van der Waals surface area (Å²) in [4.78, 5) is 24.4. The van der Waals surface area contributed by atoms with Crippen molar-refractivity contribution in [1.29, 1.82) is 0 Å². The van der Waals surface area contributed by atoms with Crippen molar-refractivity contribution >= 4 is 27.8 Å². The van der Waals surface area contributed by atoms with Crippen LogP contribution in [0.1, 0.15) is 29.9 Å². The first-order valence-electron chi connectivity index (χ1n) is 5.69. The van der Waals surface area contributed by atoms with Gasteiger partial charge in [0.2, 0.25) is 0 Å². The van der Waals surface area contributed by atoms with Crippen LogP contribution in [-0.4, -0.2) is 23.8 Å². The molecule has 0 fully saturated rings. The zero-order chi connectivity index (χ0) is 13.3. The van der Waals surface area contributed by atoms with Crippen LogP contribution in [0.25, 0.3) is 0 Å². The van der Waals surface area contributed by atoms with Gasteiger partial charge in [-0.15, -0.1) is 11.3 Å². The van der Waals surface area contributed by atoms with Gasteiger partial charge in [0.1, 0.15) is 0 Å². The highest BCUT2D eigenvalue weighted by atomic mass is 32.1. The maximum atomic E-state index is 11.3. The fourth-order valence-electron chi connectivity index (χ4n) is 1.99. The molecule has 0 aromatic carbocycles. The van der Waals surface area contributed by atoms with Crippen molar-refractivity contribution in [2.24, 2.45) is 0 Å². The summed E-state index contributed by atoms with van der Waals surface area (Å²) in [7, 11) is 0. The van der Waals surface area contributed by atoms with Gasteiger partial charge < -0.3 is 4.90 Å². The molecule has 96 valence electrons. The minimum Gasteiger partial charge on any atom is -0.353 e. The van der Waals surface area contributed by atoms with Crippen LogP contribution >= 0.6 is 11.3 Å². The molecule has 2 rings (SSSR count). The molecule has 5 nitrogen and oxygen atoms in total. The first-order chi connectivity index (χ1) is 8.49. The Labute approximate surface area is 109 Å². The smallest absolute Gasteiger partial charge is 0.304 e. The van der Waals surface area contributed by atoms with Crippen LogP contribution in [0, 0.1) is 10.1 Å². The summed E-state index contributed by atoms with van der Waals surface area (Å²) in [6, 6.07) is 1.38. The maximum Gasteiger partial charge on any atom is 0.304 e. The second-order valence-corrected chi connectivity index (χ2v) is 5.41. The lowest BCUT2D eigenvalue weighted by atomic mass is 10.1. The third kappa shape index (κ3) is 2.43. The summed E-state index contributed by atoms with van der Waals surface area (Å²) in [5, 5.41) is 11.6. The van der Waals surface area contributed by atoms with E-state index < -0.39 is 4.92 Å². The molecule has 0 aliphatic carbocycles. The van der Waals surface area contributed by atoms with Gasteiger partial charge in [0.05, 0.1) is 9.80 Å². The van der Waals surface area contributed by atoms with Crippen LogP contribution < -0.4 is 4.90 Å². The average Bonchev–Trinajstić information content (AvgIpc) is 2.73. The van der Waals surface area contributed by atoms with Gasteiger partial charge in [-0.25, -0.2) is 0 Å². The quantitative estimate of drug-likeness (QED) is 0.365. The van der Waals surface area contributed by atoms with Crippen molar-refractivity contribution in [3.63, 3.8) is 0 Å². The molecule has 1 aromatic rings. The van der Waals surface area contributed by atoms with Crippen molar-refractivity contribution in [3.8, 4) is 0 Å². The van der Waals surface area contributed by atoms with E-state index in [1.165, 1.54) is 29.9 Å². The second kappa shape index (κ2) is 4.89. The maximum absolute atomic E-state index is 11.3. The third-order valence-corrected chi connectivity index (χ3v) is 4.14. The van der Waals surface area contributed by atoms with Crippen LogP contribution in [0.4, 0.5) is 10.7 Å². The van der Waals surface area contributed by atoms with Crippen LogP contribution in [0.5, 0.6) is 0 Å². The van der Waals surface area contributed by atoms with Gasteiger partial charge in [0.25, 0.3) is 0 Å². The molecule has 0 amide bonds. The van der Waals surface area contributed by atoms with Gasteiger partial charge in [0.15, 0.2) is 10.8 Å². The van der Waals surface area contributed by atoms with E-state index in [-0.39, 0.29) is 11.5 Å². The zero-order valence-electron chi connectivity index (χ0n) is 10.3. The Hall–Kier alpha value is -1.69. The number of carbonyl (C=O) groups excluding carboxylic acids is 1. The molecule has 6 heteroatoms. The van der Waals surface area contributed by atoms with Crippen LogP contribution in [0.15, 0.2) is 17.7 Å². The van der Waals surface area contributed by atoms with Gasteiger partial charge >= 0.3 is 5.69 Å². The molecule has 1 aliphatic rings. The number of Topliss-reactive ketones (excluding diaryl/α,β-unsaturated/α-hetero) is 1. The van der Waals surface area contributed by atoms with Crippen molar-refractivity contribution in [2.75, 3.05) is 18.0 Å². The molecule has 0 atom stereocenters. The lowest BCUT2D eigenvalue weighted by Gasteiger charge is -2.26. The summed E-state index contributed by atoms with van der Waals surface area (Å²) in [6.07, 6.45) is 3.03. The normalized spacial score (nSPS) is 15.4. The van der Waals surface area contributed by atoms with E-state index in [4.69, 9.17) is 0 Å². The molecule has 0 unspecified atom stereocenters. The number of rotatable bonds is 3. The summed E-state index contributed by atoms with van der Waals surface area (Å²) >= 11 is 1.21. The number of thiophene rings is 1. The summed E-state index contributed by atoms with van der Waals surface area (Å²) in [6.45, 7) is 4.90. The fraction of sp³-hybridized carbons (Fsp3) is 0.417. The van der Waals surface area contributed by atoms with E-state index in [0.29, 0.717) is 16.4 Å². The monoisotopic (exact) mass is 266 g/mol. The lowest BCUT2D eigenvalue weighted by Crippen LogP contribution is -2.28. The van der Waals surface area contributed by atoms with Crippen molar-refractivity contribution < 1.29 is 9.72 Å². The van der Waals surface area contributed by atoms with Gasteiger partial charge in [0, 0.05) is 19.2 Å². The summed E-state index contributed by atoms with van der Waals surface area (Å²) < 4.78 is 0. The highest BCUT2D eigenvalue weighted by Crippen LogP contribution is 2.38. The van der Waals surface area contributed by atoms with Gasteiger partial charge in [-0.1, -0.05) is 11.6 Å². The molecule has 18 heavy (non-hydrogen) atoms. The average molecular weight is 266 g/mol. The highest BCUT2D eigenvalue weighted by Gasteiger charge is 2.26. The largest absolute Gasteiger partial charge is 0.353 e. The number of anilines is 1. The van der Waals surface area contributed by atoms with E-state index in [0.717, 1.165) is 13.0 Å². The Morgan fingerprint density at radius 2 is 2.28 bits per heavy atom. The summed E-state index contributed by atoms with van der Waals surface area (Å²) in [5.41, 5.74) is 1.24. The van der Waals surface area contributed by atoms with Crippen molar-refractivity contribution in [1.82, 2.24) is 0 Å². The van der Waals surface area contributed by atoms with E-state index in [1.54, 1.807) is 0 Å². The topological polar surface area (TPSA) is 63.4 Å². The number of nitrogens with zero attached hydrogens (tertiary/aromatic N) is 2. The van der Waals surface area contributed by atoms with E-state index in [9.17, 15) is 14.9 Å². The molecule has 0 radical (unpaired) electrons. The Balaban J connectivity index is 2.39. The van der Waals surface area contributed by atoms with Crippen LogP contribution in [0.2, 0.25) is 0 Å². The molecule has 0 saturated carbocycles. The fourth-order valence-corrected chi connectivity index (χ4v) is 3.03. The van der Waals surface area contributed by atoms with Crippen LogP contribution in [0.3, 0.4) is 0 Å². The number of nitro groups is 1. The Bertz CT molecular complexity index is 533. The van der Waals surface area contributed by atoms with Gasteiger partial charge in [-0.05, 0) is 20.3 Å². The molecule has 2 heterocycles. The van der Waals surface area contributed by atoms with Crippen LogP contribution in [-0.2, 0) is 0 Å². The van der Waals surface area contributed by atoms with E-state index in [1.807, 2.05) is 11.8 Å². The molecular formula is C12H14N2O3S.